The van der Waals surface area contributed by atoms with Crippen molar-refractivity contribution in [2.24, 2.45) is 12.0 Å². The molecule has 0 aliphatic carbocycles. The van der Waals surface area contributed by atoms with Crippen LogP contribution in [0.1, 0.15) is 11.3 Å². The topological polar surface area (TPSA) is 41.8 Å². The highest BCUT2D eigenvalue weighted by atomic mass is 35.5. The molecule has 5 nitrogen and oxygen atoms in total. The second-order valence-electron chi connectivity index (χ2n) is 5.69. The Labute approximate surface area is 148 Å². The van der Waals surface area contributed by atoms with Crippen LogP contribution in [0.3, 0.4) is 0 Å². The van der Waals surface area contributed by atoms with E-state index < -0.39 is 0 Å². The molecule has 1 heterocycles. The van der Waals surface area contributed by atoms with Crippen LogP contribution in [0.5, 0.6) is 5.75 Å². The molecular weight excluding hydrogens is 324 g/mol. The third-order valence-electron chi connectivity index (χ3n) is 3.90. The molecule has 0 fully saturated rings. The van der Waals surface area contributed by atoms with Crippen molar-refractivity contribution >= 4 is 17.6 Å². The molecule has 0 aliphatic rings. The zero-order valence-corrected chi connectivity index (χ0v) is 15.5. The number of aromatic nitrogens is 1. The number of halogens is 1. The summed E-state index contributed by atoms with van der Waals surface area (Å²) in [6.07, 6.45) is 2.83. The molecule has 1 aromatic heterocycles. The molecule has 0 unspecified atom stereocenters. The summed E-state index contributed by atoms with van der Waals surface area (Å²) in [5, 5.41) is 4.15. The van der Waals surface area contributed by atoms with E-state index in [1.165, 1.54) is 5.56 Å². The van der Waals surface area contributed by atoms with Gasteiger partial charge in [-0.1, -0.05) is 23.7 Å². The summed E-state index contributed by atoms with van der Waals surface area (Å²) in [6, 6.07) is 10.1. The smallest absolute Gasteiger partial charge is 0.193 e. The van der Waals surface area contributed by atoms with E-state index in [9.17, 15) is 0 Å². The maximum atomic E-state index is 6.04. The van der Waals surface area contributed by atoms with Gasteiger partial charge in [-0.15, -0.1) is 0 Å². The van der Waals surface area contributed by atoms with Gasteiger partial charge in [-0.3, -0.25) is 4.99 Å². The van der Waals surface area contributed by atoms with Gasteiger partial charge in [0.25, 0.3) is 0 Å². The molecule has 0 bridgehead atoms. The van der Waals surface area contributed by atoms with Crippen LogP contribution >= 0.6 is 11.6 Å². The fourth-order valence-electron chi connectivity index (χ4n) is 2.54. The number of guanidine groups is 1. The summed E-state index contributed by atoms with van der Waals surface area (Å²) in [5.41, 5.74) is 2.40. The zero-order chi connectivity index (χ0) is 17.5. The first-order chi connectivity index (χ1) is 11.5. The molecule has 2 aromatic rings. The fraction of sp³-hybridized carbons (Fsp3) is 0.389. The highest BCUT2D eigenvalue weighted by Crippen LogP contribution is 2.14. The highest BCUT2D eigenvalue weighted by Gasteiger charge is 2.09. The lowest BCUT2D eigenvalue weighted by Gasteiger charge is -2.22. The van der Waals surface area contributed by atoms with Crippen molar-refractivity contribution in [2.45, 2.75) is 13.0 Å². The number of aryl methyl sites for hydroxylation is 1. The lowest BCUT2D eigenvalue weighted by Crippen LogP contribution is -2.39. The number of ether oxygens (including phenoxy) is 1. The van der Waals surface area contributed by atoms with Crippen molar-refractivity contribution < 1.29 is 4.74 Å². The van der Waals surface area contributed by atoms with Gasteiger partial charge in [0.05, 0.1) is 18.7 Å². The summed E-state index contributed by atoms with van der Waals surface area (Å²) in [5.74, 6) is 1.74. The minimum Gasteiger partial charge on any atom is -0.497 e. The van der Waals surface area contributed by atoms with Crippen LogP contribution in [-0.4, -0.2) is 43.2 Å². The molecule has 0 spiro atoms. The second-order valence-corrected chi connectivity index (χ2v) is 6.13. The largest absolute Gasteiger partial charge is 0.497 e. The summed E-state index contributed by atoms with van der Waals surface area (Å²) in [6.45, 7) is 1.56. The highest BCUT2D eigenvalue weighted by molar-refractivity contribution is 6.30. The summed E-state index contributed by atoms with van der Waals surface area (Å²) in [4.78, 5) is 6.43. The van der Waals surface area contributed by atoms with E-state index in [1.807, 2.05) is 43.1 Å². The minimum absolute atomic E-state index is 0.741. The Hall–Kier alpha value is -2.14. The van der Waals surface area contributed by atoms with Crippen molar-refractivity contribution in [1.29, 1.82) is 0 Å². The number of nitrogens with one attached hydrogen (secondary N) is 1. The van der Waals surface area contributed by atoms with E-state index in [1.54, 1.807) is 14.2 Å². The van der Waals surface area contributed by atoms with Crippen molar-refractivity contribution in [3.63, 3.8) is 0 Å². The van der Waals surface area contributed by atoms with E-state index in [-0.39, 0.29) is 0 Å². The van der Waals surface area contributed by atoms with E-state index in [0.717, 1.165) is 41.9 Å². The standard InChI is InChI=1S/C18H25ClN4O/c1-20-18(23(3)13-16-11-15(19)12-22(16)2)21-10-9-14-5-7-17(24-4)8-6-14/h5-8,11-12H,9-10,13H2,1-4H3,(H,20,21). The van der Waals surface area contributed by atoms with Crippen molar-refractivity contribution in [1.82, 2.24) is 14.8 Å². The molecule has 130 valence electrons. The van der Waals surface area contributed by atoms with Crippen molar-refractivity contribution in [2.75, 3.05) is 27.7 Å². The zero-order valence-electron chi connectivity index (χ0n) is 14.7. The number of methoxy groups -OCH3 is 1. The van der Waals surface area contributed by atoms with E-state index >= 15 is 0 Å². The van der Waals surface area contributed by atoms with Crippen LogP contribution in [0.15, 0.2) is 41.5 Å². The number of hydrogen-bond acceptors (Lipinski definition) is 2. The van der Waals surface area contributed by atoms with Crippen LogP contribution in [-0.2, 0) is 20.0 Å². The lowest BCUT2D eigenvalue weighted by molar-refractivity contribution is 0.414. The molecule has 0 atom stereocenters. The molecule has 1 aromatic carbocycles. The van der Waals surface area contributed by atoms with Gasteiger partial charge in [0.1, 0.15) is 5.75 Å². The van der Waals surface area contributed by atoms with Gasteiger partial charge in [-0.25, -0.2) is 0 Å². The maximum Gasteiger partial charge on any atom is 0.193 e. The summed E-state index contributed by atoms with van der Waals surface area (Å²) < 4.78 is 7.21. The summed E-state index contributed by atoms with van der Waals surface area (Å²) >= 11 is 6.04. The van der Waals surface area contributed by atoms with Crippen LogP contribution in [0, 0.1) is 0 Å². The molecule has 6 heteroatoms. The van der Waals surface area contributed by atoms with Crippen LogP contribution in [0.4, 0.5) is 0 Å². The first-order valence-electron chi connectivity index (χ1n) is 7.89. The third-order valence-corrected chi connectivity index (χ3v) is 4.11. The Kier molecular flexibility index (Phi) is 6.55. The van der Waals surface area contributed by atoms with Gasteiger partial charge in [-0.05, 0) is 30.2 Å². The van der Waals surface area contributed by atoms with Crippen LogP contribution in [0.2, 0.25) is 5.02 Å². The SMILES string of the molecule is CN=C(NCCc1ccc(OC)cc1)N(C)Cc1cc(Cl)cn1C. The normalized spacial score (nSPS) is 11.5. The van der Waals surface area contributed by atoms with E-state index in [0.29, 0.717) is 0 Å². The fourth-order valence-corrected chi connectivity index (χ4v) is 2.81. The molecular formula is C18H25ClN4O. The van der Waals surface area contributed by atoms with Gasteiger partial charge < -0.3 is 19.5 Å². The number of aliphatic imine (C=N–C) groups is 1. The molecule has 2 rings (SSSR count). The molecule has 0 saturated heterocycles. The lowest BCUT2D eigenvalue weighted by atomic mass is 10.1. The Morgan fingerprint density at radius 1 is 1.33 bits per heavy atom. The van der Waals surface area contributed by atoms with Gasteiger partial charge in [0.15, 0.2) is 5.96 Å². The van der Waals surface area contributed by atoms with Gasteiger partial charge in [-0.2, -0.15) is 0 Å². The van der Waals surface area contributed by atoms with Gasteiger partial charge in [0, 0.05) is 39.6 Å². The number of benzene rings is 1. The van der Waals surface area contributed by atoms with Gasteiger partial charge in [0.2, 0.25) is 0 Å². The molecule has 0 saturated carbocycles. The summed E-state index contributed by atoms with van der Waals surface area (Å²) in [7, 11) is 7.49. The number of hydrogen-bond donors (Lipinski definition) is 1. The van der Waals surface area contributed by atoms with Crippen molar-refractivity contribution in [3.05, 3.63) is 52.8 Å². The Bertz CT molecular complexity index is 679. The third kappa shape index (κ3) is 4.93. The molecule has 0 aliphatic heterocycles. The van der Waals surface area contributed by atoms with Gasteiger partial charge >= 0.3 is 0 Å². The predicted molar refractivity (Wildman–Crippen MR) is 99.9 cm³/mol. The minimum atomic E-state index is 0.741. The van der Waals surface area contributed by atoms with Crippen molar-refractivity contribution in [3.8, 4) is 5.75 Å². The van der Waals surface area contributed by atoms with Crippen LogP contribution < -0.4 is 10.1 Å². The van der Waals surface area contributed by atoms with E-state index in [4.69, 9.17) is 16.3 Å². The average molecular weight is 349 g/mol. The monoisotopic (exact) mass is 348 g/mol. The average Bonchev–Trinajstić information content (AvgIpc) is 2.89. The molecule has 1 N–H and O–H groups in total. The first kappa shape index (κ1) is 18.2. The quantitative estimate of drug-likeness (QED) is 0.644. The second kappa shape index (κ2) is 8.64. The first-order valence-corrected chi connectivity index (χ1v) is 8.26. The Balaban J connectivity index is 1.85. The predicted octanol–water partition coefficient (Wildman–Crippen LogP) is 2.94. The molecule has 0 amide bonds. The van der Waals surface area contributed by atoms with E-state index in [2.05, 4.69) is 27.3 Å². The number of rotatable bonds is 6. The number of nitrogens with zero attached hydrogens (tertiary/aromatic N) is 3. The van der Waals surface area contributed by atoms with Crippen LogP contribution in [0.25, 0.3) is 0 Å². The Morgan fingerprint density at radius 2 is 2.04 bits per heavy atom. The molecule has 24 heavy (non-hydrogen) atoms. The Morgan fingerprint density at radius 3 is 2.58 bits per heavy atom. The molecule has 0 radical (unpaired) electrons. The maximum absolute atomic E-state index is 6.04.